The maximum atomic E-state index is 15.0. The lowest BCUT2D eigenvalue weighted by Crippen LogP contribution is -2.60. The summed E-state index contributed by atoms with van der Waals surface area (Å²) in [6, 6.07) is 13.2. The van der Waals surface area contributed by atoms with Crippen LogP contribution in [-0.2, 0) is 28.7 Å². The molecule has 10 heteroatoms. The number of aliphatic hydroxyl groups excluding tert-OH is 1. The van der Waals surface area contributed by atoms with E-state index in [2.05, 4.69) is 18.5 Å². The molecule has 0 radical (unpaired) electrons. The van der Waals surface area contributed by atoms with Crippen molar-refractivity contribution in [3.63, 3.8) is 0 Å². The van der Waals surface area contributed by atoms with Gasteiger partial charge in [0.15, 0.2) is 0 Å². The predicted octanol–water partition coefficient (Wildman–Crippen LogP) is 4.58. The maximum absolute atomic E-state index is 15.0. The first kappa shape index (κ1) is 36.0. The highest BCUT2D eigenvalue weighted by molar-refractivity contribution is 6.05. The summed E-state index contributed by atoms with van der Waals surface area (Å²) in [4.78, 5) is 59.6. The molecule has 7 atom stereocenters. The molecule has 49 heavy (non-hydrogen) atoms. The lowest BCUT2D eigenvalue weighted by Gasteiger charge is -2.41. The maximum Gasteiger partial charge on any atom is 0.313 e. The van der Waals surface area contributed by atoms with Crippen LogP contribution in [0, 0.1) is 31.6 Å². The molecular formula is C39H49N3O7. The fourth-order valence-electron chi connectivity index (χ4n) is 8.06. The van der Waals surface area contributed by atoms with E-state index in [0.29, 0.717) is 24.8 Å². The molecule has 2 aromatic carbocycles. The van der Waals surface area contributed by atoms with Crippen molar-refractivity contribution in [1.82, 2.24) is 10.2 Å². The highest BCUT2D eigenvalue weighted by Gasteiger charge is 2.76. The summed E-state index contributed by atoms with van der Waals surface area (Å²) < 4.78 is 12.8. The van der Waals surface area contributed by atoms with Crippen molar-refractivity contribution in [2.24, 2.45) is 17.8 Å². The number of rotatable bonds is 15. The molecule has 0 unspecified atom stereocenters. The Balaban J connectivity index is 1.52. The van der Waals surface area contributed by atoms with Crippen LogP contribution >= 0.6 is 0 Å². The van der Waals surface area contributed by atoms with Crippen LogP contribution in [0.4, 0.5) is 5.69 Å². The highest BCUT2D eigenvalue weighted by atomic mass is 16.6. The summed E-state index contributed by atoms with van der Waals surface area (Å²) in [6.45, 7) is 15.1. The van der Waals surface area contributed by atoms with E-state index in [1.807, 2.05) is 76.2 Å². The van der Waals surface area contributed by atoms with Crippen molar-refractivity contribution >= 4 is 29.4 Å². The zero-order chi connectivity index (χ0) is 35.5. The SMILES string of the molecule is C=CCCC(=O)NC[C@H](OC(=O)[C@@H]1[C@H]2C(=O)N([C@@H](CO)C(C)C)[C@H](C(=O)N(CC=C)c3c(C)cccc3C)[C@]23CC[C@H]1O3)c1ccccc1. The van der Waals surface area contributed by atoms with Crippen LogP contribution < -0.4 is 10.2 Å². The smallest absolute Gasteiger partial charge is 0.313 e. The van der Waals surface area contributed by atoms with Crippen LogP contribution in [0.2, 0.25) is 0 Å². The van der Waals surface area contributed by atoms with Gasteiger partial charge >= 0.3 is 5.97 Å². The first-order chi connectivity index (χ1) is 23.5. The molecule has 3 saturated heterocycles. The van der Waals surface area contributed by atoms with Gasteiger partial charge in [0.25, 0.3) is 5.91 Å². The van der Waals surface area contributed by atoms with Crippen molar-refractivity contribution in [3.8, 4) is 0 Å². The van der Waals surface area contributed by atoms with Gasteiger partial charge in [-0.2, -0.15) is 0 Å². The summed E-state index contributed by atoms with van der Waals surface area (Å²) in [6.07, 6.45) is 3.52. The Morgan fingerprint density at radius 1 is 1.10 bits per heavy atom. The Bertz CT molecular complexity index is 1560. The van der Waals surface area contributed by atoms with E-state index in [1.54, 1.807) is 17.1 Å². The monoisotopic (exact) mass is 671 g/mol. The molecule has 2 bridgehead atoms. The van der Waals surface area contributed by atoms with Crippen LogP contribution in [0.5, 0.6) is 0 Å². The van der Waals surface area contributed by atoms with Gasteiger partial charge in [-0.1, -0.05) is 74.5 Å². The lowest BCUT2D eigenvalue weighted by molar-refractivity contribution is -0.161. The number of aryl methyl sites for hydroxylation is 2. The van der Waals surface area contributed by atoms with E-state index in [-0.39, 0.29) is 43.8 Å². The third-order valence-electron chi connectivity index (χ3n) is 10.3. The standard InChI is InChI=1S/C39H49N3O7/c1-7-9-18-31(44)40-22-30(27-16-11-10-12-17-27)48-38(47)32-29-19-20-39(49-29)33(32)36(45)42(28(23-43)24(3)4)35(39)37(46)41(21-8-2)34-25(5)14-13-15-26(34)6/h7-8,10-17,24,28-30,32-33,35,43H,1-2,9,18-23H2,3-6H3,(H,40,44)/t28-,29+,30-,32-,33-,35+,39-/m0/s1. The number of hydrogen-bond acceptors (Lipinski definition) is 7. The normalized spacial score (nSPS) is 25.1. The van der Waals surface area contributed by atoms with E-state index in [1.165, 1.54) is 4.90 Å². The van der Waals surface area contributed by atoms with Gasteiger partial charge in [0, 0.05) is 18.7 Å². The number of allylic oxidation sites excluding steroid dienone is 1. The lowest BCUT2D eigenvalue weighted by atomic mass is 9.70. The van der Waals surface area contributed by atoms with Crippen LogP contribution in [0.3, 0.4) is 0 Å². The Morgan fingerprint density at radius 2 is 1.80 bits per heavy atom. The van der Waals surface area contributed by atoms with Gasteiger partial charge in [0.2, 0.25) is 11.8 Å². The minimum absolute atomic E-state index is 0.0488. The Labute approximate surface area is 289 Å². The van der Waals surface area contributed by atoms with E-state index in [9.17, 15) is 24.3 Å². The number of likely N-dealkylation sites (tertiary alicyclic amines) is 1. The number of carbonyl (C=O) groups excluding carboxylic acids is 4. The second-order valence-electron chi connectivity index (χ2n) is 13.7. The number of hydrogen-bond donors (Lipinski definition) is 2. The summed E-state index contributed by atoms with van der Waals surface area (Å²) >= 11 is 0. The number of carbonyl (C=O) groups is 4. The molecule has 0 aromatic heterocycles. The van der Waals surface area contributed by atoms with Crippen LogP contribution in [-0.4, -0.2) is 77.2 Å². The molecule has 3 aliphatic heterocycles. The quantitative estimate of drug-likeness (QED) is 0.210. The van der Waals surface area contributed by atoms with Crippen LogP contribution in [0.1, 0.15) is 62.3 Å². The molecular weight excluding hydrogens is 622 g/mol. The number of nitrogens with one attached hydrogen (secondary N) is 1. The van der Waals surface area contributed by atoms with Gasteiger partial charge in [0.1, 0.15) is 17.7 Å². The van der Waals surface area contributed by atoms with Gasteiger partial charge in [0.05, 0.1) is 37.1 Å². The Hall–Kier alpha value is -4.28. The minimum atomic E-state index is -1.29. The topological polar surface area (TPSA) is 125 Å². The highest BCUT2D eigenvalue weighted by Crippen LogP contribution is 2.59. The number of ether oxygens (including phenoxy) is 2. The molecule has 0 saturated carbocycles. The number of fused-ring (bicyclic) bond motifs is 1. The summed E-state index contributed by atoms with van der Waals surface area (Å²) in [5, 5.41) is 13.5. The van der Waals surface area contributed by atoms with Gasteiger partial charge in [-0.05, 0) is 55.7 Å². The fraction of sp³-hybridized carbons (Fsp3) is 0.487. The largest absolute Gasteiger partial charge is 0.455 e. The van der Waals surface area contributed by atoms with E-state index >= 15 is 0 Å². The van der Waals surface area contributed by atoms with Crippen LogP contribution in [0.15, 0.2) is 73.8 Å². The van der Waals surface area contributed by atoms with Crippen molar-refractivity contribution in [1.29, 1.82) is 0 Å². The van der Waals surface area contributed by atoms with Gasteiger partial charge in [-0.3, -0.25) is 19.2 Å². The molecule has 262 valence electrons. The Kier molecular flexibility index (Phi) is 11.1. The molecule has 1 spiro atoms. The van der Waals surface area contributed by atoms with Crippen molar-refractivity contribution in [2.75, 3.05) is 24.6 Å². The first-order valence-electron chi connectivity index (χ1n) is 17.2. The van der Waals surface area contributed by atoms with Gasteiger partial charge in [-0.25, -0.2) is 0 Å². The summed E-state index contributed by atoms with van der Waals surface area (Å²) in [5.74, 6) is -3.70. The van der Waals surface area contributed by atoms with Gasteiger partial charge < -0.3 is 29.7 Å². The molecule has 3 fully saturated rings. The molecule has 3 amide bonds. The third kappa shape index (κ3) is 6.68. The number of nitrogens with zero attached hydrogens (tertiary/aromatic N) is 2. The average Bonchev–Trinajstić information content (AvgIpc) is 3.73. The number of benzene rings is 2. The van der Waals surface area contributed by atoms with Gasteiger partial charge in [-0.15, -0.1) is 13.2 Å². The minimum Gasteiger partial charge on any atom is -0.455 e. The van der Waals surface area contributed by atoms with E-state index in [0.717, 1.165) is 16.8 Å². The number of aliphatic hydroxyl groups is 1. The fourth-order valence-corrected chi connectivity index (χ4v) is 8.06. The van der Waals surface area contributed by atoms with Crippen molar-refractivity contribution in [3.05, 3.63) is 90.5 Å². The number of amides is 3. The molecule has 2 N–H and O–H groups in total. The number of esters is 1. The second kappa shape index (κ2) is 15.1. The molecule has 5 rings (SSSR count). The predicted molar refractivity (Wildman–Crippen MR) is 186 cm³/mol. The summed E-state index contributed by atoms with van der Waals surface area (Å²) in [5.41, 5.74) is 1.92. The number of para-hydroxylation sites is 1. The molecule has 0 aliphatic carbocycles. The van der Waals surface area contributed by atoms with Crippen molar-refractivity contribution < 1.29 is 33.8 Å². The molecule has 10 nitrogen and oxygen atoms in total. The van der Waals surface area contributed by atoms with E-state index < -0.39 is 53.6 Å². The average molecular weight is 672 g/mol. The Morgan fingerprint density at radius 3 is 2.41 bits per heavy atom. The first-order valence-corrected chi connectivity index (χ1v) is 17.2. The van der Waals surface area contributed by atoms with E-state index in [4.69, 9.17) is 9.47 Å². The third-order valence-corrected chi connectivity index (χ3v) is 10.3. The molecule has 3 heterocycles. The zero-order valence-corrected chi connectivity index (χ0v) is 29.0. The van der Waals surface area contributed by atoms with Crippen LogP contribution in [0.25, 0.3) is 0 Å². The second-order valence-corrected chi connectivity index (χ2v) is 13.7. The molecule has 3 aliphatic rings. The molecule has 2 aromatic rings. The zero-order valence-electron chi connectivity index (χ0n) is 29.0. The summed E-state index contributed by atoms with van der Waals surface area (Å²) in [7, 11) is 0. The van der Waals surface area contributed by atoms with Crippen molar-refractivity contribution in [2.45, 2.75) is 83.3 Å². The number of anilines is 1.